The molecule has 9 heteroatoms. The van der Waals surface area contributed by atoms with Gasteiger partial charge in [-0.1, -0.05) is 29.8 Å². The average molecular weight is 419 g/mol. The summed E-state index contributed by atoms with van der Waals surface area (Å²) in [6.45, 7) is 0. The van der Waals surface area contributed by atoms with Crippen LogP contribution in [0, 0.1) is 5.82 Å². The maximum atomic E-state index is 13.2. The molecule has 142 valence electrons. The fraction of sp³-hybridized carbons (Fsp3) is 0. The van der Waals surface area contributed by atoms with Crippen LogP contribution in [0.1, 0.15) is 10.4 Å². The summed E-state index contributed by atoms with van der Waals surface area (Å²) in [6, 6.07) is 15.1. The SMILES string of the molecule is O=C(NNS(=O)(=O)c1ccc(F)c(Cl)c1)c1ccc2oc3ccccc3c2c1. The largest absolute Gasteiger partial charge is 0.456 e. The third-order valence-corrected chi connectivity index (χ3v) is 5.67. The molecule has 0 radical (unpaired) electrons. The molecule has 1 aromatic heterocycles. The molecule has 0 saturated carbocycles. The third kappa shape index (κ3) is 3.33. The molecule has 0 bridgehead atoms. The summed E-state index contributed by atoms with van der Waals surface area (Å²) in [4.78, 5) is 14.1. The van der Waals surface area contributed by atoms with E-state index in [1.54, 1.807) is 12.1 Å². The van der Waals surface area contributed by atoms with E-state index >= 15 is 0 Å². The van der Waals surface area contributed by atoms with E-state index in [0.29, 0.717) is 11.2 Å². The molecule has 0 unspecified atom stereocenters. The van der Waals surface area contributed by atoms with E-state index in [-0.39, 0.29) is 15.5 Å². The fourth-order valence-corrected chi connectivity index (χ4v) is 3.87. The second-order valence-corrected chi connectivity index (χ2v) is 8.03. The summed E-state index contributed by atoms with van der Waals surface area (Å²) in [6.07, 6.45) is 0. The van der Waals surface area contributed by atoms with Crippen molar-refractivity contribution in [2.75, 3.05) is 0 Å². The number of hydrogen-bond acceptors (Lipinski definition) is 4. The van der Waals surface area contributed by atoms with Crippen LogP contribution in [-0.4, -0.2) is 14.3 Å². The van der Waals surface area contributed by atoms with Crippen LogP contribution in [-0.2, 0) is 10.0 Å². The Morgan fingerprint density at radius 2 is 1.71 bits per heavy atom. The van der Waals surface area contributed by atoms with Crippen molar-refractivity contribution < 1.29 is 22.0 Å². The molecule has 3 aromatic carbocycles. The minimum atomic E-state index is -4.12. The van der Waals surface area contributed by atoms with Crippen molar-refractivity contribution in [2.45, 2.75) is 4.90 Å². The fourth-order valence-electron chi connectivity index (χ4n) is 2.76. The van der Waals surface area contributed by atoms with Crippen LogP contribution in [0.15, 0.2) is 70.0 Å². The van der Waals surface area contributed by atoms with E-state index in [1.807, 2.05) is 29.1 Å². The normalized spacial score (nSPS) is 11.8. The zero-order valence-electron chi connectivity index (χ0n) is 14.1. The van der Waals surface area contributed by atoms with Crippen LogP contribution in [0.4, 0.5) is 4.39 Å². The van der Waals surface area contributed by atoms with Crippen molar-refractivity contribution in [3.8, 4) is 0 Å². The van der Waals surface area contributed by atoms with Gasteiger partial charge >= 0.3 is 0 Å². The van der Waals surface area contributed by atoms with Crippen LogP contribution in [0.25, 0.3) is 21.9 Å². The highest BCUT2D eigenvalue weighted by atomic mass is 35.5. The maximum absolute atomic E-state index is 13.2. The monoisotopic (exact) mass is 418 g/mol. The van der Waals surface area contributed by atoms with Crippen molar-refractivity contribution in [3.63, 3.8) is 0 Å². The van der Waals surface area contributed by atoms with Crippen molar-refractivity contribution >= 4 is 49.5 Å². The molecule has 0 fully saturated rings. The minimum absolute atomic E-state index is 0.235. The first kappa shape index (κ1) is 18.4. The Bertz CT molecular complexity index is 1330. The summed E-state index contributed by atoms with van der Waals surface area (Å²) in [7, 11) is -4.12. The van der Waals surface area contributed by atoms with Gasteiger partial charge in [0.15, 0.2) is 0 Å². The van der Waals surface area contributed by atoms with Gasteiger partial charge in [-0.3, -0.25) is 10.2 Å². The first-order chi connectivity index (χ1) is 13.3. The predicted octanol–water partition coefficient (Wildman–Crippen LogP) is 4.00. The van der Waals surface area contributed by atoms with Gasteiger partial charge in [-0.05, 0) is 42.5 Å². The molecule has 4 rings (SSSR count). The zero-order valence-corrected chi connectivity index (χ0v) is 15.6. The molecule has 1 heterocycles. The lowest BCUT2D eigenvalue weighted by atomic mass is 10.1. The Balaban J connectivity index is 1.58. The predicted molar refractivity (Wildman–Crippen MR) is 103 cm³/mol. The number of benzene rings is 3. The van der Waals surface area contributed by atoms with Crippen LogP contribution in [0.3, 0.4) is 0 Å². The highest BCUT2D eigenvalue weighted by molar-refractivity contribution is 7.89. The molecule has 0 aliphatic rings. The van der Waals surface area contributed by atoms with E-state index < -0.39 is 21.7 Å². The summed E-state index contributed by atoms with van der Waals surface area (Å²) in [5.41, 5.74) is 3.66. The molecule has 0 aliphatic heterocycles. The molecule has 0 spiro atoms. The summed E-state index contributed by atoms with van der Waals surface area (Å²) < 4.78 is 43.4. The minimum Gasteiger partial charge on any atom is -0.456 e. The molecule has 28 heavy (non-hydrogen) atoms. The van der Waals surface area contributed by atoms with Gasteiger partial charge in [0.25, 0.3) is 15.9 Å². The molecule has 0 saturated heterocycles. The third-order valence-electron chi connectivity index (χ3n) is 4.14. The van der Waals surface area contributed by atoms with Crippen LogP contribution in [0.2, 0.25) is 5.02 Å². The van der Waals surface area contributed by atoms with Crippen LogP contribution in [0.5, 0.6) is 0 Å². The van der Waals surface area contributed by atoms with Crippen LogP contribution < -0.4 is 10.3 Å². The highest BCUT2D eigenvalue weighted by Crippen LogP contribution is 2.29. The number of carbonyl (C=O) groups excluding carboxylic acids is 1. The molecule has 2 N–H and O–H groups in total. The second-order valence-electron chi connectivity index (χ2n) is 5.94. The van der Waals surface area contributed by atoms with Gasteiger partial charge in [-0.2, -0.15) is 0 Å². The lowest BCUT2D eigenvalue weighted by Crippen LogP contribution is -2.41. The van der Waals surface area contributed by atoms with Crippen molar-refractivity contribution in [2.24, 2.45) is 0 Å². The number of fused-ring (bicyclic) bond motifs is 3. The number of carbonyl (C=O) groups is 1. The lowest BCUT2D eigenvalue weighted by Gasteiger charge is -2.09. The number of sulfonamides is 1. The number of halogens is 2. The standard InChI is InChI=1S/C19H12ClFN2O4S/c20-15-10-12(6-7-16(15)21)28(25,26)23-22-19(24)11-5-8-18-14(9-11)13-3-1-2-4-17(13)27-18/h1-10,23H,(H,22,24). The maximum Gasteiger partial charge on any atom is 0.266 e. The number of hydrogen-bond donors (Lipinski definition) is 2. The van der Waals surface area contributed by atoms with Gasteiger partial charge in [-0.15, -0.1) is 4.83 Å². The van der Waals surface area contributed by atoms with E-state index in [4.69, 9.17) is 16.0 Å². The number of para-hydroxylation sites is 1. The summed E-state index contributed by atoms with van der Waals surface area (Å²) in [5.74, 6) is -1.41. The number of furan rings is 1. The topological polar surface area (TPSA) is 88.4 Å². The molecule has 4 aromatic rings. The summed E-state index contributed by atoms with van der Waals surface area (Å²) >= 11 is 5.61. The molecular formula is C19H12ClFN2O4S. The Hall–Kier alpha value is -2.94. The van der Waals surface area contributed by atoms with Crippen molar-refractivity contribution in [1.82, 2.24) is 10.3 Å². The second kappa shape index (κ2) is 6.90. The lowest BCUT2D eigenvalue weighted by molar-refractivity contribution is 0.0945. The summed E-state index contributed by atoms with van der Waals surface area (Å²) in [5, 5.41) is 1.23. The van der Waals surface area contributed by atoms with Crippen molar-refractivity contribution in [3.05, 3.63) is 77.1 Å². The van der Waals surface area contributed by atoms with Gasteiger partial charge in [-0.25, -0.2) is 12.8 Å². The molecule has 0 aliphatic carbocycles. The Labute approximate surface area is 163 Å². The molecule has 0 atom stereocenters. The number of rotatable bonds is 4. The van der Waals surface area contributed by atoms with E-state index in [1.165, 1.54) is 6.07 Å². The Morgan fingerprint density at radius 1 is 0.964 bits per heavy atom. The van der Waals surface area contributed by atoms with Gasteiger partial charge in [0.05, 0.1) is 9.92 Å². The van der Waals surface area contributed by atoms with Crippen LogP contribution >= 0.6 is 11.6 Å². The Kier molecular flexibility index (Phi) is 4.54. The van der Waals surface area contributed by atoms with E-state index in [9.17, 15) is 17.6 Å². The molecular weight excluding hydrogens is 407 g/mol. The first-order valence-corrected chi connectivity index (χ1v) is 9.90. The number of amides is 1. The smallest absolute Gasteiger partial charge is 0.266 e. The Morgan fingerprint density at radius 3 is 2.50 bits per heavy atom. The number of nitrogens with one attached hydrogen (secondary N) is 2. The number of hydrazine groups is 1. The van der Waals surface area contributed by atoms with Gasteiger partial charge in [0, 0.05) is 16.3 Å². The van der Waals surface area contributed by atoms with E-state index in [0.717, 1.165) is 29.0 Å². The van der Waals surface area contributed by atoms with Gasteiger partial charge < -0.3 is 4.42 Å². The molecule has 1 amide bonds. The quantitative estimate of drug-likeness (QED) is 0.490. The van der Waals surface area contributed by atoms with E-state index in [2.05, 4.69) is 5.43 Å². The first-order valence-electron chi connectivity index (χ1n) is 8.04. The average Bonchev–Trinajstić information content (AvgIpc) is 3.06. The zero-order chi connectivity index (χ0) is 19.9. The highest BCUT2D eigenvalue weighted by Gasteiger charge is 2.18. The van der Waals surface area contributed by atoms with Gasteiger partial charge in [0.1, 0.15) is 17.0 Å². The van der Waals surface area contributed by atoms with Crippen molar-refractivity contribution in [1.29, 1.82) is 0 Å². The van der Waals surface area contributed by atoms with Gasteiger partial charge in [0.2, 0.25) is 0 Å². The molecule has 6 nitrogen and oxygen atoms in total.